The number of carbonyl (C=O) groups excluding carboxylic acids is 1. The lowest BCUT2D eigenvalue weighted by Crippen LogP contribution is -2.41. The molecule has 1 aliphatic carbocycles. The number of hydrogen-bond acceptors (Lipinski definition) is 4. The summed E-state index contributed by atoms with van der Waals surface area (Å²) in [7, 11) is 1.68. The number of nitrogens with one attached hydrogen (secondary N) is 1. The van der Waals surface area contributed by atoms with Gasteiger partial charge in [0.15, 0.2) is 0 Å². The van der Waals surface area contributed by atoms with E-state index in [1.807, 2.05) is 42.6 Å². The van der Waals surface area contributed by atoms with Crippen LogP contribution in [0.25, 0.3) is 10.8 Å². The van der Waals surface area contributed by atoms with Crippen LogP contribution >= 0.6 is 0 Å². The fourth-order valence-electron chi connectivity index (χ4n) is 3.75. The quantitative estimate of drug-likeness (QED) is 0.881. The van der Waals surface area contributed by atoms with Crippen molar-refractivity contribution in [2.24, 2.45) is 10.9 Å². The van der Waals surface area contributed by atoms with Gasteiger partial charge in [-0.3, -0.25) is 4.79 Å². The molecule has 1 N–H and O–H groups in total. The Bertz CT molecular complexity index is 900. The summed E-state index contributed by atoms with van der Waals surface area (Å²) in [6, 6.07) is 11.8. The van der Waals surface area contributed by atoms with Crippen molar-refractivity contribution in [3.8, 4) is 0 Å². The number of fused-ring (bicyclic) bond motifs is 1. The molecule has 4 rings (SSSR count). The zero-order valence-corrected chi connectivity index (χ0v) is 15.6. The van der Waals surface area contributed by atoms with E-state index in [4.69, 9.17) is 4.74 Å². The number of methoxy groups -OCH3 is 1. The van der Waals surface area contributed by atoms with Gasteiger partial charge in [0.05, 0.1) is 13.2 Å². The standard InChI is InChI=1S/C22H25N3O2/c1-27-15-17-9-10-20(19-8-3-2-7-18(17)19)22(26)24-21-14-25(12-11-23-21)13-16-5-4-6-16/h2-3,7-12,16H,4-6,13-15H2,1H3,(H,23,24,26). The van der Waals surface area contributed by atoms with E-state index >= 15 is 0 Å². The number of amidine groups is 1. The number of rotatable bonds is 5. The molecule has 0 bridgehead atoms. The first kappa shape index (κ1) is 17.7. The third-order valence-corrected chi connectivity index (χ3v) is 5.39. The molecule has 27 heavy (non-hydrogen) atoms. The average molecular weight is 363 g/mol. The van der Waals surface area contributed by atoms with Crippen LogP contribution in [0, 0.1) is 5.92 Å². The number of nitrogens with zero attached hydrogens (tertiary/aromatic N) is 2. The second kappa shape index (κ2) is 7.92. The maximum Gasteiger partial charge on any atom is 0.257 e. The molecule has 2 aliphatic rings. The number of ether oxygens (including phenoxy) is 1. The first-order chi connectivity index (χ1) is 13.2. The van der Waals surface area contributed by atoms with E-state index in [9.17, 15) is 4.79 Å². The van der Waals surface area contributed by atoms with Crippen molar-refractivity contribution in [3.63, 3.8) is 0 Å². The molecule has 1 saturated carbocycles. The molecule has 2 aromatic rings. The van der Waals surface area contributed by atoms with Gasteiger partial charge in [0.1, 0.15) is 5.84 Å². The zero-order valence-electron chi connectivity index (χ0n) is 15.6. The second-order valence-corrected chi connectivity index (χ2v) is 7.31. The molecule has 1 amide bonds. The number of hydrogen-bond donors (Lipinski definition) is 1. The Morgan fingerprint density at radius 2 is 2.04 bits per heavy atom. The molecule has 0 radical (unpaired) electrons. The molecule has 0 saturated heterocycles. The smallest absolute Gasteiger partial charge is 0.257 e. The highest BCUT2D eigenvalue weighted by molar-refractivity contribution is 6.14. The highest BCUT2D eigenvalue weighted by Crippen LogP contribution is 2.27. The molecule has 0 atom stereocenters. The van der Waals surface area contributed by atoms with Gasteiger partial charge in [0.25, 0.3) is 5.91 Å². The topological polar surface area (TPSA) is 53.9 Å². The Kier molecular flexibility index (Phi) is 5.21. The molecule has 140 valence electrons. The molecule has 5 nitrogen and oxygen atoms in total. The van der Waals surface area contributed by atoms with Gasteiger partial charge in [0.2, 0.25) is 0 Å². The van der Waals surface area contributed by atoms with Crippen molar-refractivity contribution in [1.29, 1.82) is 0 Å². The molecule has 1 aliphatic heterocycles. The van der Waals surface area contributed by atoms with Gasteiger partial charge in [0, 0.05) is 31.6 Å². The zero-order chi connectivity index (χ0) is 18.6. The summed E-state index contributed by atoms with van der Waals surface area (Å²) in [5.41, 5.74) is 1.74. The highest BCUT2D eigenvalue weighted by Gasteiger charge is 2.22. The van der Waals surface area contributed by atoms with Crippen LogP contribution in [0.3, 0.4) is 0 Å². The van der Waals surface area contributed by atoms with Crippen molar-refractivity contribution in [2.45, 2.75) is 25.9 Å². The number of aliphatic imine (C=N–C) groups is 1. The third-order valence-electron chi connectivity index (χ3n) is 5.39. The molecular weight excluding hydrogens is 338 g/mol. The predicted molar refractivity (Wildman–Crippen MR) is 108 cm³/mol. The largest absolute Gasteiger partial charge is 0.380 e. The van der Waals surface area contributed by atoms with E-state index < -0.39 is 0 Å². The minimum atomic E-state index is -0.118. The molecule has 1 heterocycles. The van der Waals surface area contributed by atoms with Gasteiger partial charge in [-0.15, -0.1) is 0 Å². The second-order valence-electron chi connectivity index (χ2n) is 7.31. The Hall–Kier alpha value is -2.66. The molecule has 5 heteroatoms. The summed E-state index contributed by atoms with van der Waals surface area (Å²) in [6.07, 6.45) is 7.75. The molecule has 1 fully saturated rings. The van der Waals surface area contributed by atoms with Crippen LogP contribution in [0.1, 0.15) is 35.2 Å². The van der Waals surface area contributed by atoms with Crippen LogP contribution in [0.2, 0.25) is 0 Å². The number of carbonyl (C=O) groups is 1. The van der Waals surface area contributed by atoms with Crippen LogP contribution in [-0.2, 0) is 11.3 Å². The van der Waals surface area contributed by atoms with E-state index in [-0.39, 0.29) is 5.91 Å². The van der Waals surface area contributed by atoms with Crippen molar-refractivity contribution in [2.75, 3.05) is 20.2 Å². The van der Waals surface area contributed by atoms with Gasteiger partial charge in [-0.25, -0.2) is 4.99 Å². The minimum absolute atomic E-state index is 0.118. The summed E-state index contributed by atoms with van der Waals surface area (Å²) in [4.78, 5) is 19.5. The van der Waals surface area contributed by atoms with Crippen molar-refractivity contribution < 1.29 is 9.53 Å². The van der Waals surface area contributed by atoms with E-state index in [0.29, 0.717) is 24.6 Å². The number of benzene rings is 2. The molecule has 0 spiro atoms. The number of amides is 1. The first-order valence-electron chi connectivity index (χ1n) is 9.53. The van der Waals surface area contributed by atoms with E-state index in [2.05, 4.69) is 15.2 Å². The van der Waals surface area contributed by atoms with E-state index in [1.165, 1.54) is 19.3 Å². The summed E-state index contributed by atoms with van der Waals surface area (Å²) < 4.78 is 5.28. The van der Waals surface area contributed by atoms with Crippen LogP contribution in [0.5, 0.6) is 0 Å². The third kappa shape index (κ3) is 3.88. The van der Waals surface area contributed by atoms with E-state index in [1.54, 1.807) is 13.3 Å². The van der Waals surface area contributed by atoms with Crippen LogP contribution < -0.4 is 5.32 Å². The van der Waals surface area contributed by atoms with Gasteiger partial charge in [-0.2, -0.15) is 0 Å². The Labute approximate surface area is 159 Å². The summed E-state index contributed by atoms with van der Waals surface area (Å²) >= 11 is 0. The van der Waals surface area contributed by atoms with Gasteiger partial charge in [-0.1, -0.05) is 36.8 Å². The summed E-state index contributed by atoms with van der Waals surface area (Å²) in [6.45, 7) is 2.22. The predicted octanol–water partition coefficient (Wildman–Crippen LogP) is 3.70. The fraction of sp³-hybridized carbons (Fsp3) is 0.364. The normalized spacial score (nSPS) is 16.9. The van der Waals surface area contributed by atoms with Gasteiger partial charge >= 0.3 is 0 Å². The minimum Gasteiger partial charge on any atom is -0.380 e. The molecule has 2 aromatic carbocycles. The average Bonchev–Trinajstić information content (AvgIpc) is 2.65. The maximum absolute atomic E-state index is 12.9. The van der Waals surface area contributed by atoms with Crippen molar-refractivity contribution in [3.05, 3.63) is 59.9 Å². The van der Waals surface area contributed by atoms with Crippen LogP contribution in [0.4, 0.5) is 0 Å². The van der Waals surface area contributed by atoms with Gasteiger partial charge in [-0.05, 0) is 41.2 Å². The summed E-state index contributed by atoms with van der Waals surface area (Å²) in [5, 5.41) is 4.98. The first-order valence-corrected chi connectivity index (χ1v) is 9.53. The van der Waals surface area contributed by atoms with E-state index in [0.717, 1.165) is 28.8 Å². The lowest BCUT2D eigenvalue weighted by molar-refractivity contribution is 0.0977. The SMILES string of the molecule is COCc1ccc(C(=O)NC2=NC=CN(CC3CCC3)C2)c2ccccc12. The maximum atomic E-state index is 12.9. The lowest BCUT2D eigenvalue weighted by Gasteiger charge is -2.32. The Balaban J connectivity index is 1.50. The lowest BCUT2D eigenvalue weighted by atomic mass is 9.85. The molecule has 0 unspecified atom stereocenters. The highest BCUT2D eigenvalue weighted by atomic mass is 16.5. The monoisotopic (exact) mass is 363 g/mol. The van der Waals surface area contributed by atoms with Crippen molar-refractivity contribution in [1.82, 2.24) is 10.2 Å². The van der Waals surface area contributed by atoms with Crippen LogP contribution in [-0.4, -0.2) is 36.8 Å². The molecule has 0 aromatic heterocycles. The Morgan fingerprint density at radius 3 is 2.78 bits per heavy atom. The fourth-order valence-corrected chi connectivity index (χ4v) is 3.75. The van der Waals surface area contributed by atoms with Crippen LogP contribution in [0.15, 0.2) is 53.8 Å². The Morgan fingerprint density at radius 1 is 1.22 bits per heavy atom. The molecular formula is C22H25N3O2. The van der Waals surface area contributed by atoms with Crippen molar-refractivity contribution >= 4 is 22.5 Å². The summed E-state index contributed by atoms with van der Waals surface area (Å²) in [5.74, 6) is 1.36. The van der Waals surface area contributed by atoms with Gasteiger partial charge < -0.3 is 15.0 Å².